The van der Waals surface area contributed by atoms with Gasteiger partial charge in [-0.15, -0.1) is 0 Å². The maximum absolute atomic E-state index is 13.8. The van der Waals surface area contributed by atoms with Crippen LogP contribution in [0.15, 0.2) is 53.5 Å². The summed E-state index contributed by atoms with van der Waals surface area (Å²) < 4.78 is 30.5. The minimum Gasteiger partial charge on any atom is -0.349 e. The summed E-state index contributed by atoms with van der Waals surface area (Å²) >= 11 is 3.48. The average Bonchev–Trinajstić information content (AvgIpc) is 2.95. The van der Waals surface area contributed by atoms with Gasteiger partial charge in [-0.2, -0.15) is 5.10 Å². The predicted molar refractivity (Wildman–Crippen MR) is 104 cm³/mol. The van der Waals surface area contributed by atoms with Crippen LogP contribution >= 0.6 is 15.9 Å². The number of aryl methyl sites for hydroxylation is 2. The van der Waals surface area contributed by atoms with Crippen LogP contribution in [0.1, 0.15) is 22.5 Å². The Bertz CT molecular complexity index is 959. The van der Waals surface area contributed by atoms with Gasteiger partial charge in [0.15, 0.2) is 0 Å². The van der Waals surface area contributed by atoms with Crippen molar-refractivity contribution in [3.8, 4) is 0 Å². The van der Waals surface area contributed by atoms with E-state index in [0.29, 0.717) is 17.9 Å². The van der Waals surface area contributed by atoms with Crippen LogP contribution in [0.25, 0.3) is 5.70 Å². The molecule has 0 unspecified atom stereocenters. The molecular formula is C20H18BrF2N3. The summed E-state index contributed by atoms with van der Waals surface area (Å²) in [5.41, 5.74) is 3.87. The van der Waals surface area contributed by atoms with E-state index in [4.69, 9.17) is 0 Å². The van der Waals surface area contributed by atoms with Crippen molar-refractivity contribution in [1.82, 2.24) is 9.78 Å². The molecule has 0 fully saturated rings. The molecule has 134 valence electrons. The highest BCUT2D eigenvalue weighted by molar-refractivity contribution is 9.10. The smallest absolute Gasteiger partial charge is 0.149 e. The Kier molecular flexibility index (Phi) is 5.23. The summed E-state index contributed by atoms with van der Waals surface area (Å²) in [6.07, 6.45) is 0. The van der Waals surface area contributed by atoms with Crippen molar-refractivity contribution in [1.29, 1.82) is 0 Å². The van der Waals surface area contributed by atoms with Gasteiger partial charge in [0, 0.05) is 10.2 Å². The topological polar surface area (TPSA) is 29.9 Å². The van der Waals surface area contributed by atoms with Crippen LogP contribution in [-0.2, 0) is 6.54 Å². The van der Waals surface area contributed by atoms with E-state index < -0.39 is 11.6 Å². The third-order valence-corrected chi connectivity index (χ3v) is 4.65. The van der Waals surface area contributed by atoms with Gasteiger partial charge in [-0.25, -0.2) is 8.78 Å². The number of anilines is 1. The van der Waals surface area contributed by atoms with E-state index in [2.05, 4.69) is 39.0 Å². The second kappa shape index (κ2) is 7.41. The molecule has 1 heterocycles. The first kappa shape index (κ1) is 18.3. The lowest BCUT2D eigenvalue weighted by Crippen LogP contribution is -2.07. The van der Waals surface area contributed by atoms with E-state index in [9.17, 15) is 8.78 Å². The number of halogens is 3. The molecule has 0 atom stereocenters. The Labute approximate surface area is 159 Å². The highest BCUT2D eigenvalue weighted by Gasteiger charge is 2.13. The van der Waals surface area contributed by atoms with Crippen LogP contribution in [-0.4, -0.2) is 9.78 Å². The van der Waals surface area contributed by atoms with E-state index in [1.54, 1.807) is 0 Å². The second-order valence-corrected chi connectivity index (χ2v) is 7.02. The number of para-hydroxylation sites is 1. The quantitative estimate of drug-likeness (QED) is 0.579. The average molecular weight is 418 g/mol. The fourth-order valence-electron chi connectivity index (χ4n) is 2.62. The van der Waals surface area contributed by atoms with Gasteiger partial charge in [0.1, 0.15) is 23.0 Å². The zero-order valence-corrected chi connectivity index (χ0v) is 16.1. The molecule has 0 spiro atoms. The number of hydrogen-bond donors (Lipinski definition) is 1. The Morgan fingerprint density at radius 2 is 1.85 bits per heavy atom. The van der Waals surface area contributed by atoms with Crippen LogP contribution in [0.3, 0.4) is 0 Å². The lowest BCUT2D eigenvalue weighted by atomic mass is 10.1. The fraction of sp³-hybridized carbons (Fsp3) is 0.150. The Hall–Kier alpha value is -2.47. The zero-order chi connectivity index (χ0) is 18.8. The normalized spacial score (nSPS) is 10.8. The van der Waals surface area contributed by atoms with Gasteiger partial charge in [-0.3, -0.25) is 4.68 Å². The number of hydrogen-bond acceptors (Lipinski definition) is 2. The monoisotopic (exact) mass is 417 g/mol. The van der Waals surface area contributed by atoms with Gasteiger partial charge in [-0.05, 0) is 55.3 Å². The maximum atomic E-state index is 13.8. The first-order chi connectivity index (χ1) is 12.3. The van der Waals surface area contributed by atoms with Gasteiger partial charge in [0.25, 0.3) is 0 Å². The standard InChI is InChI=1S/C20H18BrF2N3/c1-12-7-8-16(21)10-15(12)11-26-13(2)9-19(25-26)14(3)24-20-17(22)5-4-6-18(20)23/h4-10,24H,3,11H2,1-2H3. The highest BCUT2D eigenvalue weighted by atomic mass is 79.9. The Morgan fingerprint density at radius 1 is 1.15 bits per heavy atom. The van der Waals surface area contributed by atoms with Crippen molar-refractivity contribution in [2.45, 2.75) is 20.4 Å². The van der Waals surface area contributed by atoms with Crippen molar-refractivity contribution in [3.05, 3.63) is 87.7 Å². The lowest BCUT2D eigenvalue weighted by Gasteiger charge is -2.10. The molecule has 0 aliphatic heterocycles. The molecule has 0 aliphatic carbocycles. The summed E-state index contributed by atoms with van der Waals surface area (Å²) in [4.78, 5) is 0. The van der Waals surface area contributed by atoms with Crippen molar-refractivity contribution < 1.29 is 8.78 Å². The Balaban J connectivity index is 1.83. The third-order valence-electron chi connectivity index (χ3n) is 4.16. The summed E-state index contributed by atoms with van der Waals surface area (Å²) in [5.74, 6) is -1.35. The van der Waals surface area contributed by atoms with Crippen molar-refractivity contribution in [3.63, 3.8) is 0 Å². The molecule has 2 aromatic carbocycles. The van der Waals surface area contributed by atoms with Gasteiger partial charge in [0.05, 0.1) is 12.2 Å². The summed E-state index contributed by atoms with van der Waals surface area (Å²) in [5, 5.41) is 7.22. The van der Waals surface area contributed by atoms with Gasteiger partial charge < -0.3 is 5.32 Å². The van der Waals surface area contributed by atoms with E-state index in [1.807, 2.05) is 36.7 Å². The van der Waals surface area contributed by atoms with Crippen LogP contribution < -0.4 is 5.32 Å². The SMILES string of the molecule is C=C(Nc1c(F)cccc1F)c1cc(C)n(Cc2cc(Br)ccc2C)n1. The molecule has 26 heavy (non-hydrogen) atoms. The van der Waals surface area contributed by atoms with Gasteiger partial charge in [-0.1, -0.05) is 34.6 Å². The second-order valence-electron chi connectivity index (χ2n) is 6.10. The van der Waals surface area contributed by atoms with E-state index in [-0.39, 0.29) is 5.69 Å². The molecule has 1 aromatic heterocycles. The molecule has 0 bridgehead atoms. The van der Waals surface area contributed by atoms with E-state index in [0.717, 1.165) is 21.3 Å². The minimum atomic E-state index is -0.674. The number of rotatable bonds is 5. The van der Waals surface area contributed by atoms with Crippen LogP contribution in [0.4, 0.5) is 14.5 Å². The zero-order valence-electron chi connectivity index (χ0n) is 14.5. The van der Waals surface area contributed by atoms with Crippen LogP contribution in [0, 0.1) is 25.5 Å². The molecule has 0 aliphatic rings. The maximum Gasteiger partial charge on any atom is 0.149 e. The number of nitrogens with one attached hydrogen (secondary N) is 1. The molecule has 0 radical (unpaired) electrons. The van der Waals surface area contributed by atoms with E-state index >= 15 is 0 Å². The van der Waals surface area contributed by atoms with Crippen LogP contribution in [0.5, 0.6) is 0 Å². The lowest BCUT2D eigenvalue weighted by molar-refractivity contribution is 0.591. The number of nitrogens with zero attached hydrogens (tertiary/aromatic N) is 2. The summed E-state index contributed by atoms with van der Waals surface area (Å²) in [6, 6.07) is 11.6. The molecule has 3 rings (SSSR count). The van der Waals surface area contributed by atoms with Crippen molar-refractivity contribution in [2.24, 2.45) is 0 Å². The first-order valence-electron chi connectivity index (χ1n) is 8.05. The van der Waals surface area contributed by atoms with E-state index in [1.165, 1.54) is 18.2 Å². The molecule has 3 nitrogen and oxygen atoms in total. The number of aromatic nitrogens is 2. The van der Waals surface area contributed by atoms with Crippen molar-refractivity contribution >= 4 is 27.3 Å². The molecular weight excluding hydrogens is 400 g/mol. The molecule has 0 saturated carbocycles. The highest BCUT2D eigenvalue weighted by Crippen LogP contribution is 2.24. The minimum absolute atomic E-state index is 0.229. The molecule has 6 heteroatoms. The fourth-order valence-corrected chi connectivity index (χ4v) is 3.03. The first-order valence-corrected chi connectivity index (χ1v) is 8.84. The van der Waals surface area contributed by atoms with Gasteiger partial charge >= 0.3 is 0 Å². The molecule has 1 N–H and O–H groups in total. The van der Waals surface area contributed by atoms with Gasteiger partial charge in [0.2, 0.25) is 0 Å². The molecule has 3 aromatic rings. The molecule has 0 saturated heterocycles. The Morgan fingerprint density at radius 3 is 2.54 bits per heavy atom. The molecule has 0 amide bonds. The number of benzene rings is 2. The largest absolute Gasteiger partial charge is 0.349 e. The summed E-state index contributed by atoms with van der Waals surface area (Å²) in [6.45, 7) is 8.44. The van der Waals surface area contributed by atoms with Crippen molar-refractivity contribution in [2.75, 3.05) is 5.32 Å². The third kappa shape index (κ3) is 3.85. The predicted octanol–water partition coefficient (Wildman–Crippen LogP) is 5.67. The summed E-state index contributed by atoms with van der Waals surface area (Å²) in [7, 11) is 0. The van der Waals surface area contributed by atoms with Crippen LogP contribution in [0.2, 0.25) is 0 Å².